The SMILES string of the molecule is CC(C)CCC(=O)O.CCOC(=O)Cl. The molecule has 0 spiro atoms. The van der Waals surface area contributed by atoms with Gasteiger partial charge in [-0.05, 0) is 19.3 Å². The van der Waals surface area contributed by atoms with Crippen molar-refractivity contribution in [2.75, 3.05) is 6.61 Å². The molecule has 0 saturated carbocycles. The maximum absolute atomic E-state index is 9.90. The predicted octanol–water partition coefficient (Wildman–Crippen LogP) is 2.89. The maximum Gasteiger partial charge on any atom is 0.403 e. The van der Waals surface area contributed by atoms with E-state index < -0.39 is 11.4 Å². The Bertz CT molecular complexity index is 168. The average molecular weight is 225 g/mol. The number of carbonyl (C=O) groups is 2. The molecule has 0 amide bonds. The predicted molar refractivity (Wildman–Crippen MR) is 54.6 cm³/mol. The summed E-state index contributed by atoms with van der Waals surface area (Å²) < 4.78 is 4.17. The lowest BCUT2D eigenvalue weighted by atomic mass is 10.1. The zero-order valence-electron chi connectivity index (χ0n) is 8.75. The highest BCUT2D eigenvalue weighted by molar-refractivity contribution is 6.61. The summed E-state index contributed by atoms with van der Waals surface area (Å²) in [7, 11) is 0. The van der Waals surface area contributed by atoms with E-state index in [1.807, 2.05) is 13.8 Å². The quantitative estimate of drug-likeness (QED) is 0.746. The van der Waals surface area contributed by atoms with Gasteiger partial charge in [0.05, 0.1) is 6.61 Å². The van der Waals surface area contributed by atoms with Gasteiger partial charge in [-0.2, -0.15) is 0 Å². The third kappa shape index (κ3) is 22.5. The molecule has 5 heteroatoms. The van der Waals surface area contributed by atoms with Crippen LogP contribution in [0.25, 0.3) is 0 Å². The second-order valence-corrected chi connectivity index (χ2v) is 3.31. The van der Waals surface area contributed by atoms with E-state index in [0.717, 1.165) is 6.42 Å². The van der Waals surface area contributed by atoms with Gasteiger partial charge in [0.15, 0.2) is 0 Å². The number of hydrogen-bond donors (Lipinski definition) is 1. The van der Waals surface area contributed by atoms with Crippen LogP contribution in [-0.4, -0.2) is 23.1 Å². The minimum atomic E-state index is -0.738. The molecule has 0 heterocycles. The van der Waals surface area contributed by atoms with Crippen LogP contribution in [0.15, 0.2) is 0 Å². The Labute approximate surface area is 89.2 Å². The molecular formula is C9H17ClO4. The second kappa shape index (κ2) is 10.3. The van der Waals surface area contributed by atoms with Crippen LogP contribution in [0, 0.1) is 5.92 Å². The summed E-state index contributed by atoms with van der Waals surface area (Å²) in [5.41, 5.74) is -0.738. The number of ether oxygens (including phenoxy) is 1. The van der Waals surface area contributed by atoms with Crippen LogP contribution in [0.2, 0.25) is 0 Å². The molecule has 1 N–H and O–H groups in total. The Morgan fingerprint density at radius 2 is 1.93 bits per heavy atom. The molecule has 0 aromatic carbocycles. The van der Waals surface area contributed by atoms with Gasteiger partial charge in [0.1, 0.15) is 0 Å². The van der Waals surface area contributed by atoms with Crippen molar-refractivity contribution in [3.8, 4) is 0 Å². The molecule has 0 aliphatic heterocycles. The first kappa shape index (κ1) is 15.7. The third-order valence-corrected chi connectivity index (χ3v) is 1.30. The van der Waals surface area contributed by atoms with Crippen molar-refractivity contribution < 1.29 is 19.4 Å². The smallest absolute Gasteiger partial charge is 0.403 e. The Hall–Kier alpha value is -0.770. The molecule has 14 heavy (non-hydrogen) atoms. The summed E-state index contributed by atoms with van der Waals surface area (Å²) in [6.45, 7) is 6.08. The first-order valence-electron chi connectivity index (χ1n) is 4.44. The molecule has 0 radical (unpaired) electrons. The Morgan fingerprint density at radius 3 is 2.00 bits per heavy atom. The van der Waals surface area contributed by atoms with E-state index in [1.165, 1.54) is 0 Å². The van der Waals surface area contributed by atoms with Gasteiger partial charge in [-0.25, -0.2) is 4.79 Å². The number of hydrogen-bond acceptors (Lipinski definition) is 3. The van der Waals surface area contributed by atoms with E-state index in [-0.39, 0.29) is 0 Å². The first-order valence-corrected chi connectivity index (χ1v) is 4.82. The van der Waals surface area contributed by atoms with Crippen molar-refractivity contribution in [1.29, 1.82) is 0 Å². The average Bonchev–Trinajstić information content (AvgIpc) is 2.01. The van der Waals surface area contributed by atoms with E-state index in [4.69, 9.17) is 16.7 Å². The van der Waals surface area contributed by atoms with E-state index in [1.54, 1.807) is 6.92 Å². The molecule has 0 rings (SSSR count). The molecule has 0 aromatic heterocycles. The van der Waals surface area contributed by atoms with Gasteiger partial charge >= 0.3 is 11.4 Å². The lowest BCUT2D eigenvalue weighted by Gasteiger charge is -1.97. The first-order chi connectivity index (χ1) is 6.40. The van der Waals surface area contributed by atoms with E-state index in [2.05, 4.69) is 4.74 Å². The molecule has 0 saturated heterocycles. The van der Waals surface area contributed by atoms with Crippen LogP contribution < -0.4 is 0 Å². The molecule has 84 valence electrons. The number of halogens is 1. The molecular weight excluding hydrogens is 208 g/mol. The Morgan fingerprint density at radius 1 is 1.43 bits per heavy atom. The molecule has 0 atom stereocenters. The molecule has 0 aliphatic rings. The van der Waals surface area contributed by atoms with Crippen molar-refractivity contribution in [3.05, 3.63) is 0 Å². The minimum Gasteiger partial charge on any atom is -0.481 e. The summed E-state index contributed by atoms with van der Waals surface area (Å²) in [5.74, 6) is -0.190. The van der Waals surface area contributed by atoms with Crippen molar-refractivity contribution in [2.24, 2.45) is 5.92 Å². The minimum absolute atomic E-state index is 0.303. The number of carboxylic acids is 1. The Balaban J connectivity index is 0. The van der Waals surface area contributed by atoms with Gasteiger partial charge in [0.25, 0.3) is 0 Å². The fraction of sp³-hybridized carbons (Fsp3) is 0.778. The maximum atomic E-state index is 9.90. The van der Waals surface area contributed by atoms with Gasteiger partial charge < -0.3 is 9.84 Å². The highest BCUT2D eigenvalue weighted by Gasteiger charge is 1.97. The number of carboxylic acid groups (broad SMARTS) is 1. The van der Waals surface area contributed by atoms with Crippen LogP contribution in [0.1, 0.15) is 33.6 Å². The lowest BCUT2D eigenvalue weighted by Crippen LogP contribution is -1.97. The summed E-state index contributed by atoms with van der Waals surface area (Å²) >= 11 is 4.72. The second-order valence-electron chi connectivity index (χ2n) is 3.00. The van der Waals surface area contributed by atoms with E-state index >= 15 is 0 Å². The Kier molecular flexibility index (Phi) is 11.6. The van der Waals surface area contributed by atoms with Gasteiger partial charge in [-0.1, -0.05) is 13.8 Å². The zero-order valence-corrected chi connectivity index (χ0v) is 9.50. The van der Waals surface area contributed by atoms with Crippen molar-refractivity contribution >= 4 is 23.0 Å². The van der Waals surface area contributed by atoms with Crippen LogP contribution in [-0.2, 0) is 9.53 Å². The van der Waals surface area contributed by atoms with Crippen molar-refractivity contribution in [1.82, 2.24) is 0 Å². The van der Waals surface area contributed by atoms with Crippen molar-refractivity contribution in [2.45, 2.75) is 33.6 Å². The van der Waals surface area contributed by atoms with Gasteiger partial charge in [0, 0.05) is 18.0 Å². The van der Waals surface area contributed by atoms with Crippen LogP contribution >= 0.6 is 11.6 Å². The summed E-state index contributed by atoms with van der Waals surface area (Å²) in [5, 5.41) is 8.16. The molecule has 0 aliphatic carbocycles. The lowest BCUT2D eigenvalue weighted by molar-refractivity contribution is -0.137. The third-order valence-electron chi connectivity index (χ3n) is 1.19. The van der Waals surface area contributed by atoms with Crippen LogP contribution in [0.5, 0.6) is 0 Å². The van der Waals surface area contributed by atoms with E-state index in [0.29, 0.717) is 18.9 Å². The van der Waals surface area contributed by atoms with E-state index in [9.17, 15) is 9.59 Å². The molecule has 0 aromatic rings. The summed E-state index contributed by atoms with van der Waals surface area (Å²) in [6, 6.07) is 0. The highest BCUT2D eigenvalue weighted by Crippen LogP contribution is 2.01. The highest BCUT2D eigenvalue weighted by atomic mass is 35.5. The largest absolute Gasteiger partial charge is 0.481 e. The van der Waals surface area contributed by atoms with Gasteiger partial charge in [-0.15, -0.1) is 0 Å². The van der Waals surface area contributed by atoms with Crippen LogP contribution in [0.4, 0.5) is 4.79 Å². The number of aliphatic carboxylic acids is 1. The number of carbonyl (C=O) groups excluding carboxylic acids is 1. The monoisotopic (exact) mass is 224 g/mol. The topological polar surface area (TPSA) is 63.6 Å². The van der Waals surface area contributed by atoms with Crippen LogP contribution in [0.3, 0.4) is 0 Å². The summed E-state index contributed by atoms with van der Waals surface area (Å²) in [4.78, 5) is 19.5. The number of rotatable bonds is 4. The van der Waals surface area contributed by atoms with Gasteiger partial charge in [-0.3, -0.25) is 4.79 Å². The molecule has 0 bridgehead atoms. The van der Waals surface area contributed by atoms with Crippen molar-refractivity contribution in [3.63, 3.8) is 0 Å². The fourth-order valence-electron chi connectivity index (χ4n) is 0.526. The molecule has 0 unspecified atom stereocenters. The normalized spacial score (nSPS) is 8.93. The summed E-state index contributed by atoms with van der Waals surface area (Å²) in [6.07, 6.45) is 1.09. The molecule has 0 fully saturated rings. The zero-order chi connectivity index (χ0) is 11.6. The fourth-order valence-corrected chi connectivity index (χ4v) is 0.635. The molecule has 4 nitrogen and oxygen atoms in total. The van der Waals surface area contributed by atoms with Gasteiger partial charge in [0.2, 0.25) is 0 Å². The standard InChI is InChI=1S/C6H12O2.C3H5ClO2/c1-5(2)3-4-6(7)8;1-2-6-3(4)5/h5H,3-4H2,1-2H3,(H,7,8);2H2,1H3.